The van der Waals surface area contributed by atoms with Crippen LogP contribution in [0, 0.1) is 13.8 Å². The number of nitrogens with one attached hydrogen (secondary N) is 2. The number of aromatic amines is 1. The molecule has 94 valence electrons. The van der Waals surface area contributed by atoms with Crippen molar-refractivity contribution < 1.29 is 9.90 Å². The molecule has 1 amide bonds. The first-order valence-corrected chi connectivity index (χ1v) is 6.03. The van der Waals surface area contributed by atoms with Crippen LogP contribution in [0.2, 0.25) is 0 Å². The Labute approximate surface area is 101 Å². The Morgan fingerprint density at radius 3 is 2.59 bits per heavy atom. The van der Waals surface area contributed by atoms with Gasteiger partial charge in [-0.05, 0) is 26.7 Å². The average Bonchev–Trinajstić information content (AvgIpc) is 2.87. The van der Waals surface area contributed by atoms with Gasteiger partial charge in [-0.25, -0.2) is 0 Å². The van der Waals surface area contributed by atoms with Crippen molar-refractivity contribution in [2.24, 2.45) is 0 Å². The number of H-pyrrole nitrogens is 1. The van der Waals surface area contributed by atoms with Crippen LogP contribution < -0.4 is 5.32 Å². The molecule has 1 aromatic rings. The molecule has 0 aliphatic heterocycles. The van der Waals surface area contributed by atoms with Crippen LogP contribution in [0.4, 0.5) is 0 Å². The zero-order chi connectivity index (χ0) is 12.5. The van der Waals surface area contributed by atoms with E-state index in [9.17, 15) is 9.90 Å². The highest BCUT2D eigenvalue weighted by Crippen LogP contribution is 2.29. The van der Waals surface area contributed by atoms with Gasteiger partial charge in [0.2, 0.25) is 0 Å². The van der Waals surface area contributed by atoms with Gasteiger partial charge in [-0.1, -0.05) is 12.8 Å². The predicted molar refractivity (Wildman–Crippen MR) is 63.8 cm³/mol. The molecule has 2 rings (SSSR count). The molecule has 0 radical (unpaired) electrons. The first-order chi connectivity index (χ1) is 8.08. The van der Waals surface area contributed by atoms with E-state index >= 15 is 0 Å². The van der Waals surface area contributed by atoms with E-state index in [-0.39, 0.29) is 12.5 Å². The van der Waals surface area contributed by atoms with Gasteiger partial charge in [0.25, 0.3) is 5.91 Å². The van der Waals surface area contributed by atoms with Crippen LogP contribution >= 0.6 is 0 Å². The summed E-state index contributed by atoms with van der Waals surface area (Å²) in [6.45, 7) is 3.64. The van der Waals surface area contributed by atoms with Gasteiger partial charge in [0.15, 0.2) is 0 Å². The highest BCUT2D eigenvalue weighted by atomic mass is 16.3. The standard InChI is InChI=1S/C12H19N3O2/c1-8-10(9(2)15-14-8)11(17)13-12(7-16)5-3-4-6-12/h16H,3-7H2,1-2H3,(H,13,17)(H,14,15). The van der Waals surface area contributed by atoms with Gasteiger partial charge < -0.3 is 10.4 Å². The van der Waals surface area contributed by atoms with Gasteiger partial charge in [0.1, 0.15) is 0 Å². The van der Waals surface area contributed by atoms with Crippen molar-refractivity contribution in [2.75, 3.05) is 6.61 Å². The monoisotopic (exact) mass is 237 g/mol. The predicted octanol–water partition coefficient (Wildman–Crippen LogP) is 1.06. The third-order valence-corrected chi connectivity index (χ3v) is 3.60. The van der Waals surface area contributed by atoms with Crippen LogP contribution in [0.3, 0.4) is 0 Å². The van der Waals surface area contributed by atoms with E-state index in [1.807, 2.05) is 6.92 Å². The van der Waals surface area contributed by atoms with E-state index in [1.165, 1.54) is 0 Å². The van der Waals surface area contributed by atoms with Gasteiger partial charge in [-0.2, -0.15) is 5.10 Å². The molecule has 1 aromatic heterocycles. The second-order valence-corrected chi connectivity index (χ2v) is 4.91. The number of hydrogen-bond acceptors (Lipinski definition) is 3. The molecule has 0 atom stereocenters. The normalized spacial score (nSPS) is 18.3. The first-order valence-electron chi connectivity index (χ1n) is 6.03. The fourth-order valence-electron chi connectivity index (χ4n) is 2.56. The van der Waals surface area contributed by atoms with E-state index in [4.69, 9.17) is 0 Å². The molecule has 0 bridgehead atoms. The van der Waals surface area contributed by atoms with Gasteiger partial charge in [-0.3, -0.25) is 9.89 Å². The lowest BCUT2D eigenvalue weighted by Gasteiger charge is -2.28. The van der Waals surface area contributed by atoms with E-state index < -0.39 is 5.54 Å². The maximum atomic E-state index is 12.2. The minimum absolute atomic E-state index is 0.00862. The second-order valence-electron chi connectivity index (χ2n) is 4.91. The summed E-state index contributed by atoms with van der Waals surface area (Å²) in [5.41, 5.74) is 1.65. The van der Waals surface area contributed by atoms with Gasteiger partial charge in [0, 0.05) is 5.69 Å². The Kier molecular flexibility index (Phi) is 3.19. The number of hydrogen-bond donors (Lipinski definition) is 3. The molecular formula is C12H19N3O2. The molecule has 1 aliphatic rings. The van der Waals surface area contributed by atoms with Crippen LogP contribution in [0.25, 0.3) is 0 Å². The lowest BCUT2D eigenvalue weighted by Crippen LogP contribution is -2.49. The van der Waals surface area contributed by atoms with Gasteiger partial charge in [-0.15, -0.1) is 0 Å². The third kappa shape index (κ3) is 2.20. The smallest absolute Gasteiger partial charge is 0.255 e. The number of aliphatic hydroxyl groups is 1. The molecule has 17 heavy (non-hydrogen) atoms. The van der Waals surface area contributed by atoms with Crippen LogP contribution in [0.1, 0.15) is 47.4 Å². The summed E-state index contributed by atoms with van der Waals surface area (Å²) in [4.78, 5) is 12.2. The first kappa shape index (κ1) is 12.1. The molecule has 0 spiro atoms. The molecule has 3 N–H and O–H groups in total. The third-order valence-electron chi connectivity index (χ3n) is 3.60. The fourth-order valence-corrected chi connectivity index (χ4v) is 2.56. The second kappa shape index (κ2) is 4.49. The lowest BCUT2D eigenvalue weighted by molar-refractivity contribution is 0.0837. The minimum atomic E-state index is -0.423. The fraction of sp³-hybridized carbons (Fsp3) is 0.667. The topological polar surface area (TPSA) is 78.0 Å². The van der Waals surface area contributed by atoms with Crippen LogP contribution in [-0.4, -0.2) is 33.4 Å². The quantitative estimate of drug-likeness (QED) is 0.735. The number of amides is 1. The summed E-state index contributed by atoms with van der Waals surface area (Å²) in [5, 5.41) is 19.3. The van der Waals surface area contributed by atoms with Crippen LogP contribution in [-0.2, 0) is 0 Å². The zero-order valence-electron chi connectivity index (χ0n) is 10.3. The highest BCUT2D eigenvalue weighted by Gasteiger charge is 2.35. The number of rotatable bonds is 3. The minimum Gasteiger partial charge on any atom is -0.394 e. The number of carbonyl (C=O) groups is 1. The van der Waals surface area contributed by atoms with E-state index in [0.29, 0.717) is 11.3 Å². The van der Waals surface area contributed by atoms with Crippen molar-refractivity contribution in [3.63, 3.8) is 0 Å². The largest absolute Gasteiger partial charge is 0.394 e. The van der Waals surface area contributed by atoms with Crippen LogP contribution in [0.15, 0.2) is 0 Å². The summed E-state index contributed by atoms with van der Waals surface area (Å²) in [5.74, 6) is -0.135. The summed E-state index contributed by atoms with van der Waals surface area (Å²) in [6.07, 6.45) is 3.82. The maximum Gasteiger partial charge on any atom is 0.255 e. The van der Waals surface area contributed by atoms with E-state index in [2.05, 4.69) is 15.5 Å². The molecule has 5 nitrogen and oxygen atoms in total. The van der Waals surface area contributed by atoms with Crippen molar-refractivity contribution >= 4 is 5.91 Å². The number of aliphatic hydroxyl groups excluding tert-OH is 1. The Morgan fingerprint density at radius 2 is 2.12 bits per heavy atom. The van der Waals surface area contributed by atoms with E-state index in [0.717, 1.165) is 31.4 Å². The highest BCUT2D eigenvalue weighted by molar-refractivity contribution is 5.96. The zero-order valence-corrected chi connectivity index (χ0v) is 10.3. The van der Waals surface area contributed by atoms with Crippen molar-refractivity contribution in [1.29, 1.82) is 0 Å². The number of aromatic nitrogens is 2. The summed E-state index contributed by atoms with van der Waals surface area (Å²) in [7, 11) is 0. The molecule has 0 unspecified atom stereocenters. The molecule has 0 saturated heterocycles. The van der Waals surface area contributed by atoms with Crippen LogP contribution in [0.5, 0.6) is 0 Å². The number of carbonyl (C=O) groups excluding carboxylic acids is 1. The average molecular weight is 237 g/mol. The Hall–Kier alpha value is -1.36. The Bertz CT molecular complexity index is 400. The van der Waals surface area contributed by atoms with Crippen molar-refractivity contribution in [3.05, 3.63) is 17.0 Å². The Morgan fingerprint density at radius 1 is 1.47 bits per heavy atom. The molecule has 1 aliphatic carbocycles. The molecule has 1 fully saturated rings. The number of nitrogens with zero attached hydrogens (tertiary/aromatic N) is 1. The molecule has 1 saturated carbocycles. The summed E-state index contributed by atoms with van der Waals surface area (Å²) in [6, 6.07) is 0. The van der Waals surface area contributed by atoms with Gasteiger partial charge in [0.05, 0.1) is 23.4 Å². The Balaban J connectivity index is 2.16. The van der Waals surface area contributed by atoms with Crippen molar-refractivity contribution in [1.82, 2.24) is 15.5 Å². The molecule has 5 heteroatoms. The molecular weight excluding hydrogens is 218 g/mol. The van der Waals surface area contributed by atoms with Crippen molar-refractivity contribution in [3.8, 4) is 0 Å². The molecule has 0 aromatic carbocycles. The SMILES string of the molecule is Cc1n[nH]c(C)c1C(=O)NC1(CO)CCCC1. The lowest BCUT2D eigenvalue weighted by atomic mass is 9.98. The van der Waals surface area contributed by atoms with Crippen molar-refractivity contribution in [2.45, 2.75) is 45.1 Å². The van der Waals surface area contributed by atoms with Gasteiger partial charge >= 0.3 is 0 Å². The number of aryl methyl sites for hydroxylation is 2. The maximum absolute atomic E-state index is 12.2. The van der Waals surface area contributed by atoms with E-state index in [1.54, 1.807) is 6.92 Å². The summed E-state index contributed by atoms with van der Waals surface area (Å²) < 4.78 is 0. The molecule has 1 heterocycles. The summed E-state index contributed by atoms with van der Waals surface area (Å²) >= 11 is 0.